The van der Waals surface area contributed by atoms with E-state index in [1.54, 1.807) is 26.4 Å². The lowest BCUT2D eigenvalue weighted by molar-refractivity contribution is -0.00461. The van der Waals surface area contributed by atoms with E-state index in [1.165, 1.54) is 0 Å². The third-order valence-electron chi connectivity index (χ3n) is 3.59. The van der Waals surface area contributed by atoms with Gasteiger partial charge in [0.1, 0.15) is 0 Å². The van der Waals surface area contributed by atoms with Crippen LogP contribution >= 0.6 is 15.9 Å². The van der Waals surface area contributed by atoms with Crippen molar-refractivity contribution in [2.24, 2.45) is 0 Å². The second kappa shape index (κ2) is 6.67. The molecule has 2 atom stereocenters. The zero-order chi connectivity index (χ0) is 14.7. The third kappa shape index (κ3) is 3.38. The highest BCUT2D eigenvalue weighted by Crippen LogP contribution is 2.23. The van der Waals surface area contributed by atoms with E-state index in [2.05, 4.69) is 20.8 Å². The molecule has 1 aliphatic heterocycles. The fourth-order valence-corrected chi connectivity index (χ4v) is 2.95. The summed E-state index contributed by atoms with van der Waals surface area (Å²) in [5.74, 6) is -0.919. The van der Waals surface area contributed by atoms with Crippen LogP contribution in [0.2, 0.25) is 0 Å². The minimum atomic E-state index is -0.919. The number of methoxy groups -OCH3 is 2. The zero-order valence-corrected chi connectivity index (χ0v) is 13.1. The van der Waals surface area contributed by atoms with Crippen molar-refractivity contribution in [2.75, 3.05) is 27.3 Å². The molecule has 0 aromatic heterocycles. The molecular weight excluding hydrogens is 326 g/mol. The van der Waals surface area contributed by atoms with Gasteiger partial charge in [-0.05, 0) is 17.7 Å². The fourth-order valence-electron chi connectivity index (χ4n) is 2.45. The maximum atomic E-state index is 10.9. The summed E-state index contributed by atoms with van der Waals surface area (Å²) in [5.41, 5.74) is 1.34. The first-order chi connectivity index (χ1) is 9.55. The molecule has 1 aromatic rings. The maximum Gasteiger partial charge on any atom is 0.335 e. The molecule has 1 saturated heterocycles. The predicted molar refractivity (Wildman–Crippen MR) is 78.0 cm³/mol. The average molecular weight is 344 g/mol. The van der Waals surface area contributed by atoms with E-state index in [-0.39, 0.29) is 17.8 Å². The summed E-state index contributed by atoms with van der Waals surface area (Å²) >= 11 is 3.43. The van der Waals surface area contributed by atoms with Gasteiger partial charge in [-0.25, -0.2) is 4.79 Å². The first-order valence-electron chi connectivity index (χ1n) is 6.34. The molecule has 0 radical (unpaired) electrons. The highest BCUT2D eigenvalue weighted by atomic mass is 79.9. The highest BCUT2D eigenvalue weighted by molar-refractivity contribution is 9.10. The number of hydrogen-bond acceptors (Lipinski definition) is 4. The standard InChI is InChI=1S/C14H18BrNO4/c1-19-12-7-16(8-13(12)20-2)6-10-4-3-9(14(17)18)5-11(10)15/h3-5,12-13H,6-8H2,1-2H3,(H,17,18). The van der Waals surface area contributed by atoms with Crippen LogP contribution in [0.1, 0.15) is 15.9 Å². The van der Waals surface area contributed by atoms with Gasteiger partial charge in [0.05, 0.1) is 17.8 Å². The number of hydrogen-bond donors (Lipinski definition) is 1. The molecule has 0 amide bonds. The van der Waals surface area contributed by atoms with Gasteiger partial charge in [0.25, 0.3) is 0 Å². The van der Waals surface area contributed by atoms with E-state index in [1.807, 2.05) is 6.07 Å². The van der Waals surface area contributed by atoms with Gasteiger partial charge < -0.3 is 14.6 Å². The normalized spacial score (nSPS) is 23.1. The Hall–Kier alpha value is -0.950. The number of ether oxygens (including phenoxy) is 2. The molecule has 1 N–H and O–H groups in total. The number of carboxylic acid groups (broad SMARTS) is 1. The molecule has 20 heavy (non-hydrogen) atoms. The number of rotatable bonds is 5. The average Bonchev–Trinajstić information content (AvgIpc) is 2.83. The van der Waals surface area contributed by atoms with Crippen molar-refractivity contribution in [1.29, 1.82) is 0 Å². The Balaban J connectivity index is 2.06. The minimum absolute atomic E-state index is 0.0806. The molecule has 2 rings (SSSR count). The quantitative estimate of drug-likeness (QED) is 0.885. The number of nitrogens with zero attached hydrogens (tertiary/aromatic N) is 1. The Labute approximate surface area is 126 Å². The lowest BCUT2D eigenvalue weighted by atomic mass is 10.1. The molecule has 0 bridgehead atoms. The molecule has 0 aliphatic carbocycles. The van der Waals surface area contributed by atoms with Gasteiger partial charge in [0.15, 0.2) is 0 Å². The lowest BCUT2D eigenvalue weighted by Crippen LogP contribution is -2.27. The zero-order valence-electron chi connectivity index (χ0n) is 11.5. The molecular formula is C14H18BrNO4. The van der Waals surface area contributed by atoms with E-state index >= 15 is 0 Å². The Kier molecular flexibility index (Phi) is 5.15. The van der Waals surface area contributed by atoms with Crippen LogP contribution in [0.4, 0.5) is 0 Å². The smallest absolute Gasteiger partial charge is 0.335 e. The Morgan fingerprint density at radius 3 is 2.40 bits per heavy atom. The molecule has 2 unspecified atom stereocenters. The first kappa shape index (κ1) is 15.4. The van der Waals surface area contributed by atoms with Crippen LogP contribution in [-0.4, -0.2) is 55.5 Å². The van der Waals surface area contributed by atoms with Crippen LogP contribution in [0.25, 0.3) is 0 Å². The minimum Gasteiger partial charge on any atom is -0.478 e. The number of benzene rings is 1. The lowest BCUT2D eigenvalue weighted by Gasteiger charge is -2.16. The van der Waals surface area contributed by atoms with Crippen molar-refractivity contribution >= 4 is 21.9 Å². The Morgan fingerprint density at radius 1 is 1.35 bits per heavy atom. The number of carbonyl (C=O) groups is 1. The summed E-state index contributed by atoms with van der Waals surface area (Å²) in [5, 5.41) is 8.95. The number of halogens is 1. The van der Waals surface area contributed by atoms with Crippen LogP contribution in [0, 0.1) is 0 Å². The summed E-state index contributed by atoms with van der Waals surface area (Å²) < 4.78 is 11.6. The van der Waals surface area contributed by atoms with Crippen molar-refractivity contribution in [2.45, 2.75) is 18.8 Å². The van der Waals surface area contributed by atoms with Crippen molar-refractivity contribution in [3.8, 4) is 0 Å². The molecule has 0 saturated carbocycles. The van der Waals surface area contributed by atoms with Crippen LogP contribution in [0.15, 0.2) is 22.7 Å². The molecule has 0 spiro atoms. The van der Waals surface area contributed by atoms with Crippen LogP contribution in [0.5, 0.6) is 0 Å². The SMILES string of the molecule is COC1CN(Cc2ccc(C(=O)O)cc2Br)CC1OC. The second-order valence-corrected chi connectivity index (χ2v) is 5.71. The highest BCUT2D eigenvalue weighted by Gasteiger charge is 2.32. The van der Waals surface area contributed by atoms with Gasteiger partial charge in [0, 0.05) is 38.3 Å². The number of likely N-dealkylation sites (tertiary alicyclic amines) is 1. The molecule has 1 heterocycles. The number of carboxylic acids is 1. The first-order valence-corrected chi connectivity index (χ1v) is 7.14. The van der Waals surface area contributed by atoms with Crippen molar-refractivity contribution in [3.63, 3.8) is 0 Å². The predicted octanol–water partition coefficient (Wildman–Crippen LogP) is 1.99. The third-order valence-corrected chi connectivity index (χ3v) is 4.33. The van der Waals surface area contributed by atoms with Gasteiger partial charge in [-0.1, -0.05) is 22.0 Å². The van der Waals surface area contributed by atoms with Gasteiger partial charge in [-0.2, -0.15) is 0 Å². The van der Waals surface area contributed by atoms with Crippen molar-refractivity contribution in [1.82, 2.24) is 4.90 Å². The topological polar surface area (TPSA) is 59.0 Å². The van der Waals surface area contributed by atoms with Gasteiger partial charge in [-0.3, -0.25) is 4.90 Å². The molecule has 1 aromatic carbocycles. The summed E-state index contributed by atoms with van der Waals surface area (Å²) in [6.45, 7) is 2.35. The second-order valence-electron chi connectivity index (χ2n) is 4.85. The van der Waals surface area contributed by atoms with Crippen LogP contribution in [-0.2, 0) is 16.0 Å². The molecule has 6 heteroatoms. The van der Waals surface area contributed by atoms with Crippen LogP contribution < -0.4 is 0 Å². The largest absolute Gasteiger partial charge is 0.478 e. The fraction of sp³-hybridized carbons (Fsp3) is 0.500. The van der Waals surface area contributed by atoms with Gasteiger partial charge in [0.2, 0.25) is 0 Å². The molecule has 5 nitrogen and oxygen atoms in total. The molecule has 1 fully saturated rings. The number of aromatic carboxylic acids is 1. The van der Waals surface area contributed by atoms with Gasteiger partial charge in [-0.15, -0.1) is 0 Å². The van der Waals surface area contributed by atoms with Crippen LogP contribution in [0.3, 0.4) is 0 Å². The van der Waals surface area contributed by atoms with E-state index in [0.29, 0.717) is 0 Å². The summed E-state index contributed by atoms with van der Waals surface area (Å²) in [6.07, 6.45) is 0.161. The summed E-state index contributed by atoms with van der Waals surface area (Å²) in [6, 6.07) is 5.10. The van der Waals surface area contributed by atoms with E-state index < -0.39 is 5.97 Å². The molecule has 110 valence electrons. The van der Waals surface area contributed by atoms with E-state index in [9.17, 15) is 4.79 Å². The van der Waals surface area contributed by atoms with E-state index in [0.717, 1.165) is 29.7 Å². The van der Waals surface area contributed by atoms with Gasteiger partial charge >= 0.3 is 5.97 Å². The van der Waals surface area contributed by atoms with Crippen molar-refractivity contribution in [3.05, 3.63) is 33.8 Å². The van der Waals surface area contributed by atoms with Crippen molar-refractivity contribution < 1.29 is 19.4 Å². The monoisotopic (exact) mass is 343 g/mol. The maximum absolute atomic E-state index is 10.9. The van der Waals surface area contributed by atoms with E-state index in [4.69, 9.17) is 14.6 Å². The Morgan fingerprint density at radius 2 is 1.95 bits per heavy atom. The Bertz CT molecular complexity index is 482. The molecule has 1 aliphatic rings. The summed E-state index contributed by atoms with van der Waals surface area (Å²) in [7, 11) is 3.38. The summed E-state index contributed by atoms with van der Waals surface area (Å²) in [4.78, 5) is 13.1.